The van der Waals surface area contributed by atoms with Gasteiger partial charge in [-0.3, -0.25) is 4.98 Å². The molecule has 1 aromatic rings. The summed E-state index contributed by atoms with van der Waals surface area (Å²) in [5.74, 6) is 0. The van der Waals surface area contributed by atoms with Gasteiger partial charge in [0, 0.05) is 12.4 Å². The fraction of sp³-hybridized carbons (Fsp3) is 0.375. The van der Waals surface area contributed by atoms with Crippen molar-refractivity contribution in [3.05, 3.63) is 30.6 Å². The van der Waals surface area contributed by atoms with Gasteiger partial charge in [0.05, 0.1) is 18.0 Å². The highest BCUT2D eigenvalue weighted by Gasteiger charge is 1.77. The summed E-state index contributed by atoms with van der Waals surface area (Å²) in [5.41, 5.74) is 0. The Labute approximate surface area is 80.5 Å². The maximum absolute atomic E-state index is 9.54. The van der Waals surface area contributed by atoms with E-state index in [-0.39, 0.29) is 6.61 Å². The van der Waals surface area contributed by atoms with Crippen molar-refractivity contribution in [2.24, 2.45) is 0 Å². The minimum Gasteiger partial charge on any atom is -0.750 e. The topological polar surface area (TPSA) is 62.2 Å². The zero-order valence-corrected chi connectivity index (χ0v) is 8.20. The Bertz CT molecular complexity index is 191. The zero-order valence-electron chi connectivity index (χ0n) is 7.38. The predicted molar refractivity (Wildman–Crippen MR) is 49.4 cm³/mol. The van der Waals surface area contributed by atoms with Crippen molar-refractivity contribution in [2.75, 3.05) is 6.61 Å². The van der Waals surface area contributed by atoms with Crippen molar-refractivity contribution in [3.8, 4) is 0 Å². The molecule has 0 fully saturated rings. The van der Waals surface area contributed by atoms with Gasteiger partial charge in [-0.25, -0.2) is 4.21 Å². The molecule has 13 heavy (non-hydrogen) atoms. The second-order valence-electron chi connectivity index (χ2n) is 2.05. The molecule has 1 heterocycles. The first-order valence-corrected chi connectivity index (χ1v) is 4.85. The van der Waals surface area contributed by atoms with Crippen LogP contribution in [0.25, 0.3) is 0 Å². The Kier molecular flexibility index (Phi) is 8.75. The molecule has 5 heteroatoms. The molecule has 1 atom stereocenters. The summed E-state index contributed by atoms with van der Waals surface area (Å²) in [7, 11) is 0. The molecule has 0 amide bonds. The van der Waals surface area contributed by atoms with Crippen LogP contribution >= 0.6 is 0 Å². The lowest BCUT2D eigenvalue weighted by atomic mass is 10.5. The van der Waals surface area contributed by atoms with Crippen LogP contribution in [0.2, 0.25) is 0 Å². The second-order valence-corrected chi connectivity index (χ2v) is 2.69. The van der Waals surface area contributed by atoms with E-state index < -0.39 is 11.4 Å². The molecule has 0 saturated carbocycles. The Morgan fingerprint density at radius 3 is 2.15 bits per heavy atom. The van der Waals surface area contributed by atoms with Crippen molar-refractivity contribution >= 4 is 11.4 Å². The highest BCUT2D eigenvalue weighted by atomic mass is 32.2. The standard InChI is InChI=1S/C5H5N.C3H8O3S/c1-2-4-6-5-3-1;1-2-3-6-7(4)5/h1-5H;2-3H2,1H3,(H,4,5)/p-1. The molecule has 1 aromatic heterocycles. The smallest absolute Gasteiger partial charge is 0.0842 e. The van der Waals surface area contributed by atoms with Crippen LogP contribution in [0.5, 0.6) is 0 Å². The van der Waals surface area contributed by atoms with Gasteiger partial charge in [0.2, 0.25) is 0 Å². The molecule has 4 nitrogen and oxygen atoms in total. The summed E-state index contributed by atoms with van der Waals surface area (Å²) < 4.78 is 23.2. The van der Waals surface area contributed by atoms with Gasteiger partial charge in [-0.05, 0) is 18.6 Å². The van der Waals surface area contributed by atoms with E-state index in [9.17, 15) is 8.76 Å². The monoisotopic (exact) mass is 202 g/mol. The number of nitrogens with zero attached hydrogens (tertiary/aromatic N) is 1. The van der Waals surface area contributed by atoms with Gasteiger partial charge >= 0.3 is 0 Å². The molecule has 0 aliphatic rings. The van der Waals surface area contributed by atoms with E-state index >= 15 is 0 Å². The molecule has 1 rings (SSSR count). The summed E-state index contributed by atoms with van der Waals surface area (Å²) >= 11 is -2.32. The molecule has 74 valence electrons. The largest absolute Gasteiger partial charge is 0.750 e. The van der Waals surface area contributed by atoms with Gasteiger partial charge in [0.15, 0.2) is 0 Å². The summed E-state index contributed by atoms with van der Waals surface area (Å²) in [5, 5.41) is 0. The van der Waals surface area contributed by atoms with Crippen molar-refractivity contribution < 1.29 is 12.9 Å². The van der Waals surface area contributed by atoms with Crippen LogP contribution in [0.4, 0.5) is 0 Å². The van der Waals surface area contributed by atoms with E-state index in [2.05, 4.69) is 9.17 Å². The lowest BCUT2D eigenvalue weighted by molar-refractivity contribution is 0.300. The maximum Gasteiger partial charge on any atom is 0.0842 e. The van der Waals surface area contributed by atoms with E-state index in [0.717, 1.165) is 6.42 Å². The molecular weight excluding hydrogens is 190 g/mol. The van der Waals surface area contributed by atoms with Crippen LogP contribution < -0.4 is 0 Å². The van der Waals surface area contributed by atoms with E-state index in [1.165, 1.54) is 0 Å². The SMILES string of the molecule is CCCOS(=O)[O-].c1ccncc1. The minimum atomic E-state index is -2.32. The highest BCUT2D eigenvalue weighted by Crippen LogP contribution is 1.80. The van der Waals surface area contributed by atoms with Crippen LogP contribution in [0.1, 0.15) is 13.3 Å². The summed E-state index contributed by atoms with van der Waals surface area (Å²) in [4.78, 5) is 3.78. The van der Waals surface area contributed by atoms with Crippen molar-refractivity contribution in [1.82, 2.24) is 4.98 Å². The van der Waals surface area contributed by atoms with Gasteiger partial charge in [-0.15, -0.1) is 0 Å². The fourth-order valence-electron chi connectivity index (χ4n) is 0.464. The molecule has 0 radical (unpaired) electrons. The van der Waals surface area contributed by atoms with Crippen LogP contribution in [0.15, 0.2) is 30.6 Å². The normalized spacial score (nSPS) is 11.2. The quantitative estimate of drug-likeness (QED) is 0.693. The van der Waals surface area contributed by atoms with E-state index in [1.54, 1.807) is 12.4 Å². The van der Waals surface area contributed by atoms with Crippen LogP contribution in [0.3, 0.4) is 0 Å². The second kappa shape index (κ2) is 9.31. The molecule has 1 unspecified atom stereocenters. The van der Waals surface area contributed by atoms with Crippen LogP contribution in [0, 0.1) is 0 Å². The number of rotatable bonds is 3. The van der Waals surface area contributed by atoms with Crippen molar-refractivity contribution in [1.29, 1.82) is 0 Å². The molecular formula is C8H12NO3S-. The average Bonchev–Trinajstić information content (AvgIpc) is 2.18. The third-order valence-electron chi connectivity index (χ3n) is 0.950. The van der Waals surface area contributed by atoms with E-state index in [1.807, 2.05) is 25.1 Å². The predicted octanol–water partition coefficient (Wildman–Crippen LogP) is 1.29. The Balaban J connectivity index is 0.000000223. The zero-order chi connectivity index (χ0) is 9.94. The molecule has 0 N–H and O–H groups in total. The van der Waals surface area contributed by atoms with Gasteiger partial charge in [-0.2, -0.15) is 0 Å². The minimum absolute atomic E-state index is 0.288. The lowest BCUT2D eigenvalue weighted by Crippen LogP contribution is -1.95. The first-order chi connectivity index (χ1) is 6.27. The van der Waals surface area contributed by atoms with Gasteiger partial charge in [-0.1, -0.05) is 13.0 Å². The van der Waals surface area contributed by atoms with Gasteiger partial charge in [0.25, 0.3) is 0 Å². The Morgan fingerprint density at radius 1 is 1.38 bits per heavy atom. The van der Waals surface area contributed by atoms with Gasteiger partial charge < -0.3 is 8.74 Å². The average molecular weight is 202 g/mol. The van der Waals surface area contributed by atoms with Gasteiger partial charge in [0.1, 0.15) is 0 Å². The first-order valence-electron chi connectivity index (χ1n) is 3.85. The summed E-state index contributed by atoms with van der Waals surface area (Å²) in [6.07, 6.45) is 4.23. The summed E-state index contributed by atoms with van der Waals surface area (Å²) in [6.45, 7) is 2.13. The van der Waals surface area contributed by atoms with E-state index in [4.69, 9.17) is 0 Å². The third-order valence-corrected chi connectivity index (χ3v) is 1.31. The number of hydrogen-bond acceptors (Lipinski definition) is 4. The molecule has 0 aliphatic heterocycles. The molecule has 0 saturated heterocycles. The Morgan fingerprint density at radius 2 is 2.00 bits per heavy atom. The Hall–Kier alpha value is -0.780. The fourth-order valence-corrected chi connectivity index (χ4v) is 0.767. The number of pyridine rings is 1. The number of hydrogen-bond donors (Lipinski definition) is 0. The first kappa shape index (κ1) is 12.2. The third kappa shape index (κ3) is 11.2. The highest BCUT2D eigenvalue weighted by molar-refractivity contribution is 7.74. The van der Waals surface area contributed by atoms with Crippen LogP contribution in [-0.2, 0) is 15.5 Å². The lowest BCUT2D eigenvalue weighted by Gasteiger charge is -2.01. The molecule has 0 spiro atoms. The molecule has 0 bridgehead atoms. The molecule has 0 aromatic carbocycles. The van der Waals surface area contributed by atoms with Crippen molar-refractivity contribution in [3.63, 3.8) is 0 Å². The molecule has 0 aliphatic carbocycles. The number of aromatic nitrogens is 1. The van der Waals surface area contributed by atoms with Crippen molar-refractivity contribution in [2.45, 2.75) is 13.3 Å². The summed E-state index contributed by atoms with van der Waals surface area (Å²) in [6, 6.07) is 5.72. The van der Waals surface area contributed by atoms with E-state index in [0.29, 0.717) is 0 Å². The van der Waals surface area contributed by atoms with Crippen LogP contribution in [-0.4, -0.2) is 20.4 Å². The maximum atomic E-state index is 9.54.